The van der Waals surface area contributed by atoms with E-state index in [4.69, 9.17) is 14.6 Å². The average Bonchev–Trinajstić information content (AvgIpc) is 3.53. The van der Waals surface area contributed by atoms with Crippen LogP contribution in [0.2, 0.25) is 0 Å². The van der Waals surface area contributed by atoms with Crippen LogP contribution in [0, 0.1) is 11.8 Å². The number of aliphatic hydroxyl groups is 1. The summed E-state index contributed by atoms with van der Waals surface area (Å²) >= 11 is 3.72. The van der Waals surface area contributed by atoms with Crippen molar-refractivity contribution in [2.24, 2.45) is 16.8 Å². The zero-order valence-corrected chi connectivity index (χ0v) is 20.2. The molecule has 2 aliphatic carbocycles. The van der Waals surface area contributed by atoms with Gasteiger partial charge in [0.05, 0.1) is 13.7 Å². The Morgan fingerprint density at radius 1 is 1.41 bits per heavy atom. The number of carboxylic acids is 1. The summed E-state index contributed by atoms with van der Waals surface area (Å²) in [7, 11) is 1.67. The number of methoxy groups -OCH3 is 1. The van der Waals surface area contributed by atoms with Crippen molar-refractivity contribution in [2.45, 2.75) is 63.1 Å². The second-order valence-corrected chi connectivity index (χ2v) is 10.7. The van der Waals surface area contributed by atoms with Gasteiger partial charge in [0.1, 0.15) is 28.6 Å². The number of hydrogen-bond donors (Lipinski definition) is 2. The number of aliphatic imine (C=N–C) groups is 1. The van der Waals surface area contributed by atoms with Gasteiger partial charge in [-0.25, -0.2) is 0 Å². The van der Waals surface area contributed by atoms with Crippen LogP contribution in [0.3, 0.4) is 0 Å². The maximum absolute atomic E-state index is 11.1. The molecule has 0 amide bonds. The molecule has 4 atom stereocenters. The van der Waals surface area contributed by atoms with Crippen molar-refractivity contribution < 1.29 is 24.5 Å². The van der Waals surface area contributed by atoms with Gasteiger partial charge in [-0.3, -0.25) is 14.7 Å². The van der Waals surface area contributed by atoms with Gasteiger partial charge in [0.15, 0.2) is 0 Å². The molecule has 2 fully saturated rings. The van der Waals surface area contributed by atoms with E-state index in [-0.39, 0.29) is 36.6 Å². The zero-order valence-electron chi connectivity index (χ0n) is 18.6. The number of carbonyl (C=O) groups is 1. The van der Waals surface area contributed by atoms with Crippen LogP contribution in [0.1, 0.15) is 50.2 Å². The van der Waals surface area contributed by atoms with Gasteiger partial charge >= 0.3 is 5.97 Å². The summed E-state index contributed by atoms with van der Waals surface area (Å²) in [5.74, 6) is 1.63. The van der Waals surface area contributed by atoms with Crippen molar-refractivity contribution in [2.75, 3.05) is 26.8 Å². The van der Waals surface area contributed by atoms with Crippen LogP contribution in [-0.4, -0.2) is 65.7 Å². The van der Waals surface area contributed by atoms with Crippen LogP contribution in [0.4, 0.5) is 0 Å². The number of nitrogens with zero attached hydrogens (tertiary/aromatic N) is 2. The molecule has 2 N–H and O–H groups in total. The van der Waals surface area contributed by atoms with Crippen molar-refractivity contribution >= 4 is 27.6 Å². The van der Waals surface area contributed by atoms with Crippen LogP contribution < -0.4 is 9.47 Å². The second-order valence-electron chi connectivity index (χ2n) is 9.90. The lowest BCUT2D eigenvalue weighted by atomic mass is 9.59. The predicted molar refractivity (Wildman–Crippen MR) is 124 cm³/mol. The summed E-state index contributed by atoms with van der Waals surface area (Å²) in [4.78, 5) is 17.9. The van der Waals surface area contributed by atoms with Crippen LogP contribution in [0.5, 0.6) is 11.5 Å². The Labute approximate surface area is 196 Å². The third kappa shape index (κ3) is 3.55. The van der Waals surface area contributed by atoms with Crippen molar-refractivity contribution in [1.82, 2.24) is 4.90 Å². The standard InChI is InChI=1S/C24H31BrN2O5/c1-13-5-16(26-9-20(29)30)7-19-24(13)8-17(12-28)27(10-14-3-4-14)11-15-6-18(31-2)22(25)23(32-19)21(15)24/h6,13-14,17,19,28H,3-5,7-12H2,1-2H3,(H,29,30)/t13-,17+,19-,24+/m1/s1. The molecule has 1 aromatic rings. The first kappa shape index (κ1) is 22.2. The van der Waals surface area contributed by atoms with Gasteiger partial charge < -0.3 is 19.7 Å². The van der Waals surface area contributed by atoms with E-state index < -0.39 is 5.97 Å². The highest BCUT2D eigenvalue weighted by molar-refractivity contribution is 9.10. The monoisotopic (exact) mass is 506 g/mol. The highest BCUT2D eigenvalue weighted by Gasteiger charge is 2.59. The Morgan fingerprint density at radius 3 is 2.84 bits per heavy atom. The summed E-state index contributed by atoms with van der Waals surface area (Å²) in [6.45, 7) is 3.94. The van der Waals surface area contributed by atoms with Gasteiger partial charge in [-0.05, 0) is 65.1 Å². The molecule has 5 rings (SSSR count). The number of rotatable bonds is 6. The van der Waals surface area contributed by atoms with E-state index in [2.05, 4.69) is 38.8 Å². The Kier molecular flexibility index (Phi) is 5.75. The summed E-state index contributed by atoms with van der Waals surface area (Å²) in [6.07, 6.45) is 4.59. The first-order valence-corrected chi connectivity index (χ1v) is 12.3. The van der Waals surface area contributed by atoms with Crippen LogP contribution in [0.15, 0.2) is 15.5 Å². The number of benzene rings is 1. The van der Waals surface area contributed by atoms with Crippen LogP contribution in [-0.2, 0) is 16.8 Å². The smallest absolute Gasteiger partial charge is 0.325 e. The molecular weight excluding hydrogens is 476 g/mol. The van der Waals surface area contributed by atoms with Crippen molar-refractivity contribution in [3.63, 3.8) is 0 Å². The summed E-state index contributed by atoms with van der Waals surface area (Å²) in [5.41, 5.74) is 3.13. The van der Waals surface area contributed by atoms with Gasteiger partial charge in [-0.2, -0.15) is 0 Å². The maximum Gasteiger partial charge on any atom is 0.325 e. The second kappa shape index (κ2) is 8.29. The third-order valence-corrected chi connectivity index (χ3v) is 8.68. The van der Waals surface area contributed by atoms with E-state index in [0.29, 0.717) is 6.42 Å². The lowest BCUT2D eigenvalue weighted by molar-refractivity contribution is -0.135. The van der Waals surface area contributed by atoms with E-state index in [1.807, 2.05) is 0 Å². The lowest BCUT2D eigenvalue weighted by Crippen LogP contribution is -2.52. The summed E-state index contributed by atoms with van der Waals surface area (Å²) in [5, 5.41) is 19.5. The molecule has 0 saturated heterocycles. The summed E-state index contributed by atoms with van der Waals surface area (Å²) < 4.78 is 13.1. The first-order valence-electron chi connectivity index (χ1n) is 11.5. The molecule has 2 aliphatic heterocycles. The molecule has 1 spiro atoms. The minimum absolute atomic E-state index is 0.0600. The average molecular weight is 507 g/mol. The molecule has 32 heavy (non-hydrogen) atoms. The van der Waals surface area contributed by atoms with Gasteiger partial charge in [0.25, 0.3) is 0 Å². The number of aliphatic carboxylic acids is 1. The van der Waals surface area contributed by atoms with Gasteiger partial charge in [-0.1, -0.05) is 6.92 Å². The third-order valence-electron chi connectivity index (χ3n) is 7.93. The van der Waals surface area contributed by atoms with Crippen LogP contribution >= 0.6 is 15.9 Å². The van der Waals surface area contributed by atoms with Gasteiger partial charge in [0, 0.05) is 42.2 Å². The number of halogens is 1. The lowest BCUT2D eigenvalue weighted by Gasteiger charge is -2.45. The van der Waals surface area contributed by atoms with E-state index in [1.165, 1.54) is 24.0 Å². The molecule has 4 aliphatic rings. The number of hydrogen-bond acceptors (Lipinski definition) is 6. The molecule has 1 aromatic carbocycles. The van der Waals surface area contributed by atoms with Crippen molar-refractivity contribution in [3.8, 4) is 11.5 Å². The van der Waals surface area contributed by atoms with E-state index in [9.17, 15) is 9.90 Å². The molecule has 0 unspecified atom stereocenters. The fourth-order valence-electron chi connectivity index (χ4n) is 6.22. The number of ether oxygens (including phenoxy) is 2. The Bertz CT molecular complexity index is 962. The number of carboxylic acid groups (broad SMARTS) is 1. The topological polar surface area (TPSA) is 91.6 Å². The molecule has 2 saturated carbocycles. The Hall–Kier alpha value is -1.64. The van der Waals surface area contributed by atoms with E-state index >= 15 is 0 Å². The van der Waals surface area contributed by atoms with E-state index in [0.717, 1.165) is 53.5 Å². The molecule has 0 aromatic heterocycles. The Morgan fingerprint density at radius 2 is 2.19 bits per heavy atom. The largest absolute Gasteiger partial charge is 0.495 e. The fourth-order valence-corrected chi connectivity index (χ4v) is 6.79. The van der Waals surface area contributed by atoms with E-state index in [1.54, 1.807) is 7.11 Å². The first-order chi connectivity index (χ1) is 15.4. The maximum atomic E-state index is 11.1. The van der Waals surface area contributed by atoms with Gasteiger partial charge in [-0.15, -0.1) is 0 Å². The quantitative estimate of drug-likeness (QED) is 0.614. The molecular formula is C24H31BrN2O5. The summed E-state index contributed by atoms with van der Waals surface area (Å²) in [6, 6.07) is 2.20. The molecule has 8 heteroatoms. The highest BCUT2D eigenvalue weighted by Crippen LogP contribution is 2.61. The number of aliphatic hydroxyl groups excluding tert-OH is 1. The predicted octanol–water partition coefficient (Wildman–Crippen LogP) is 3.39. The highest BCUT2D eigenvalue weighted by atomic mass is 79.9. The Balaban J connectivity index is 1.62. The molecule has 0 bridgehead atoms. The molecule has 0 radical (unpaired) electrons. The minimum atomic E-state index is -0.915. The SMILES string of the molecule is COc1cc2c3c(c1Br)O[C@@H]1CC(=NCC(=O)O)C[C@@H](C)[C@]31C[C@@H](CO)N(CC1CC1)C2. The van der Waals surface area contributed by atoms with Crippen molar-refractivity contribution in [1.29, 1.82) is 0 Å². The molecule has 7 nitrogen and oxygen atoms in total. The normalized spacial score (nSPS) is 32.8. The van der Waals surface area contributed by atoms with Crippen LogP contribution in [0.25, 0.3) is 0 Å². The minimum Gasteiger partial charge on any atom is -0.495 e. The van der Waals surface area contributed by atoms with Crippen molar-refractivity contribution in [3.05, 3.63) is 21.7 Å². The fraction of sp³-hybridized carbons (Fsp3) is 0.667. The zero-order chi connectivity index (χ0) is 22.6. The molecule has 2 heterocycles. The molecule has 174 valence electrons. The van der Waals surface area contributed by atoms with Gasteiger partial charge in [0.2, 0.25) is 0 Å².